The van der Waals surface area contributed by atoms with Crippen LogP contribution in [0.1, 0.15) is 33.6 Å². The Morgan fingerprint density at radius 1 is 1.57 bits per heavy atom. The number of rotatable bonds is 6. The van der Waals surface area contributed by atoms with Crippen molar-refractivity contribution in [3.05, 3.63) is 0 Å². The molecule has 14 heavy (non-hydrogen) atoms. The van der Waals surface area contributed by atoms with Crippen LogP contribution in [0.5, 0.6) is 0 Å². The summed E-state index contributed by atoms with van der Waals surface area (Å²) in [6.45, 7) is 6.31. The largest absolute Gasteiger partial charge is 0.382 e. The molecule has 0 aliphatic carbocycles. The van der Waals surface area contributed by atoms with E-state index in [0.29, 0.717) is 6.61 Å². The van der Waals surface area contributed by atoms with E-state index in [9.17, 15) is 4.79 Å². The minimum absolute atomic E-state index is 0.103. The molecule has 1 amide bonds. The van der Waals surface area contributed by atoms with Gasteiger partial charge in [-0.3, -0.25) is 4.79 Å². The van der Waals surface area contributed by atoms with Crippen molar-refractivity contribution < 1.29 is 9.53 Å². The molecular formula is C10H22N2O2. The summed E-state index contributed by atoms with van der Waals surface area (Å²) in [5, 5.41) is 2.85. The third kappa shape index (κ3) is 5.19. The van der Waals surface area contributed by atoms with E-state index in [1.165, 1.54) is 0 Å². The van der Waals surface area contributed by atoms with E-state index >= 15 is 0 Å². The summed E-state index contributed by atoms with van der Waals surface area (Å²) in [7, 11) is 1.61. The number of carbonyl (C=O) groups excluding carboxylic acids is 1. The minimum Gasteiger partial charge on any atom is -0.382 e. The topological polar surface area (TPSA) is 64.4 Å². The summed E-state index contributed by atoms with van der Waals surface area (Å²) in [6.07, 6.45) is 1.63. The Kier molecular flexibility index (Phi) is 5.72. The molecule has 0 aromatic rings. The summed E-state index contributed by atoms with van der Waals surface area (Å²) >= 11 is 0. The highest BCUT2D eigenvalue weighted by molar-refractivity contribution is 5.82. The van der Waals surface area contributed by atoms with Gasteiger partial charge in [0.2, 0.25) is 5.91 Å². The highest BCUT2D eigenvalue weighted by Crippen LogP contribution is 2.03. The van der Waals surface area contributed by atoms with Crippen molar-refractivity contribution in [2.75, 3.05) is 13.7 Å². The molecule has 0 bridgehead atoms. The van der Waals surface area contributed by atoms with E-state index < -0.39 is 6.04 Å². The predicted molar refractivity (Wildman–Crippen MR) is 57.0 cm³/mol. The Bertz CT molecular complexity index is 181. The van der Waals surface area contributed by atoms with E-state index in [0.717, 1.165) is 12.8 Å². The summed E-state index contributed by atoms with van der Waals surface area (Å²) in [6, 6.07) is -0.406. The SMILES string of the molecule is CCC[C@H](N)C(=O)NC(C)(C)COC. The van der Waals surface area contributed by atoms with Crippen molar-refractivity contribution in [1.29, 1.82) is 0 Å². The highest BCUT2D eigenvalue weighted by atomic mass is 16.5. The van der Waals surface area contributed by atoms with Crippen LogP contribution < -0.4 is 11.1 Å². The molecule has 4 heteroatoms. The number of hydrogen-bond donors (Lipinski definition) is 2. The van der Waals surface area contributed by atoms with Gasteiger partial charge in [0.1, 0.15) is 0 Å². The van der Waals surface area contributed by atoms with Crippen LogP contribution in [0.2, 0.25) is 0 Å². The molecule has 0 saturated carbocycles. The molecule has 0 aliphatic heterocycles. The number of nitrogens with one attached hydrogen (secondary N) is 1. The van der Waals surface area contributed by atoms with E-state index in [2.05, 4.69) is 5.32 Å². The normalized spacial score (nSPS) is 13.8. The quantitative estimate of drug-likeness (QED) is 0.665. The van der Waals surface area contributed by atoms with Crippen molar-refractivity contribution in [2.45, 2.75) is 45.2 Å². The molecule has 0 rings (SSSR count). The number of hydrogen-bond acceptors (Lipinski definition) is 3. The zero-order valence-electron chi connectivity index (χ0n) is 9.59. The van der Waals surface area contributed by atoms with Crippen LogP contribution in [-0.2, 0) is 9.53 Å². The van der Waals surface area contributed by atoms with Crippen molar-refractivity contribution >= 4 is 5.91 Å². The summed E-state index contributed by atoms with van der Waals surface area (Å²) in [5.74, 6) is -0.103. The maximum atomic E-state index is 11.5. The molecule has 0 aliphatic rings. The fourth-order valence-corrected chi connectivity index (χ4v) is 1.27. The number of nitrogens with two attached hydrogens (primary N) is 1. The molecule has 1 atom stereocenters. The van der Waals surface area contributed by atoms with Gasteiger partial charge in [-0.05, 0) is 20.3 Å². The zero-order valence-corrected chi connectivity index (χ0v) is 9.59. The first-order valence-electron chi connectivity index (χ1n) is 4.99. The van der Waals surface area contributed by atoms with Gasteiger partial charge in [-0.25, -0.2) is 0 Å². The third-order valence-corrected chi connectivity index (χ3v) is 1.90. The van der Waals surface area contributed by atoms with Gasteiger partial charge in [0, 0.05) is 7.11 Å². The van der Waals surface area contributed by atoms with E-state index in [1.807, 2.05) is 20.8 Å². The standard InChI is InChI=1S/C10H22N2O2/c1-5-6-8(11)9(13)12-10(2,3)7-14-4/h8H,5-7,11H2,1-4H3,(H,12,13)/t8-/m0/s1. The second kappa shape index (κ2) is 5.98. The molecule has 0 unspecified atom stereocenters. The lowest BCUT2D eigenvalue weighted by atomic mass is 10.1. The number of ether oxygens (including phenoxy) is 1. The molecule has 3 N–H and O–H groups in total. The molecule has 0 aromatic carbocycles. The van der Waals surface area contributed by atoms with Crippen LogP contribution in [0.25, 0.3) is 0 Å². The van der Waals surface area contributed by atoms with Gasteiger partial charge >= 0.3 is 0 Å². The first-order chi connectivity index (χ1) is 6.43. The number of carbonyl (C=O) groups is 1. The molecule has 0 saturated heterocycles. The first-order valence-corrected chi connectivity index (χ1v) is 4.99. The van der Waals surface area contributed by atoms with Gasteiger partial charge < -0.3 is 15.8 Å². The lowest BCUT2D eigenvalue weighted by Crippen LogP contribution is -2.52. The third-order valence-electron chi connectivity index (χ3n) is 1.90. The fraction of sp³-hybridized carbons (Fsp3) is 0.900. The lowest BCUT2D eigenvalue weighted by Gasteiger charge is -2.26. The maximum Gasteiger partial charge on any atom is 0.237 e. The van der Waals surface area contributed by atoms with Crippen LogP contribution in [0.4, 0.5) is 0 Å². The van der Waals surface area contributed by atoms with Gasteiger partial charge in [-0.2, -0.15) is 0 Å². The van der Waals surface area contributed by atoms with Crippen LogP contribution in [0, 0.1) is 0 Å². The van der Waals surface area contributed by atoms with Gasteiger partial charge in [-0.15, -0.1) is 0 Å². The van der Waals surface area contributed by atoms with Crippen molar-refractivity contribution in [2.24, 2.45) is 5.73 Å². The summed E-state index contributed by atoms with van der Waals surface area (Å²) in [4.78, 5) is 11.5. The molecule has 0 heterocycles. The molecule has 4 nitrogen and oxygen atoms in total. The number of methoxy groups -OCH3 is 1. The van der Waals surface area contributed by atoms with Crippen LogP contribution in [-0.4, -0.2) is 31.2 Å². The monoisotopic (exact) mass is 202 g/mol. The molecule has 0 radical (unpaired) electrons. The van der Waals surface area contributed by atoms with Gasteiger partial charge in [0.15, 0.2) is 0 Å². The van der Waals surface area contributed by atoms with Crippen molar-refractivity contribution in [3.8, 4) is 0 Å². The first kappa shape index (κ1) is 13.4. The average molecular weight is 202 g/mol. The van der Waals surface area contributed by atoms with Crippen LogP contribution in [0.3, 0.4) is 0 Å². The molecule has 0 spiro atoms. The Morgan fingerprint density at radius 2 is 2.14 bits per heavy atom. The van der Waals surface area contributed by atoms with Crippen molar-refractivity contribution in [1.82, 2.24) is 5.32 Å². The van der Waals surface area contributed by atoms with Gasteiger partial charge in [0.05, 0.1) is 18.2 Å². The Hall–Kier alpha value is -0.610. The van der Waals surface area contributed by atoms with Crippen molar-refractivity contribution in [3.63, 3.8) is 0 Å². The van der Waals surface area contributed by atoms with Crippen LogP contribution >= 0.6 is 0 Å². The fourth-order valence-electron chi connectivity index (χ4n) is 1.27. The second-order valence-corrected chi connectivity index (χ2v) is 4.20. The van der Waals surface area contributed by atoms with Crippen LogP contribution in [0.15, 0.2) is 0 Å². The summed E-state index contributed by atoms with van der Waals surface area (Å²) < 4.78 is 4.99. The molecule has 0 aromatic heterocycles. The minimum atomic E-state index is -0.406. The second-order valence-electron chi connectivity index (χ2n) is 4.20. The van der Waals surface area contributed by atoms with Gasteiger partial charge in [0.25, 0.3) is 0 Å². The lowest BCUT2D eigenvalue weighted by molar-refractivity contribution is -0.124. The molecule has 84 valence electrons. The van der Waals surface area contributed by atoms with E-state index in [1.54, 1.807) is 7.11 Å². The Balaban J connectivity index is 4.03. The zero-order chi connectivity index (χ0) is 11.2. The summed E-state index contributed by atoms with van der Waals surface area (Å²) in [5.41, 5.74) is 5.33. The average Bonchev–Trinajstić information content (AvgIpc) is 2.03. The Labute approximate surface area is 86.2 Å². The van der Waals surface area contributed by atoms with Gasteiger partial charge in [-0.1, -0.05) is 13.3 Å². The van der Waals surface area contributed by atoms with E-state index in [4.69, 9.17) is 10.5 Å². The molecule has 0 fully saturated rings. The number of amides is 1. The highest BCUT2D eigenvalue weighted by Gasteiger charge is 2.23. The molecular weight excluding hydrogens is 180 g/mol. The Morgan fingerprint density at radius 3 is 2.57 bits per heavy atom. The maximum absolute atomic E-state index is 11.5. The van der Waals surface area contributed by atoms with E-state index in [-0.39, 0.29) is 11.4 Å². The smallest absolute Gasteiger partial charge is 0.237 e. The predicted octanol–water partition coefficient (Wildman–Crippen LogP) is 0.655.